The van der Waals surface area contributed by atoms with Crippen molar-refractivity contribution in [2.24, 2.45) is 4.99 Å². The predicted octanol–water partition coefficient (Wildman–Crippen LogP) is 3.60. The van der Waals surface area contributed by atoms with Crippen LogP contribution in [0.15, 0.2) is 34.2 Å². The number of carbonyl (C=O) groups excluding carboxylic acids is 1. The minimum atomic E-state index is -4.72. The smallest absolute Gasteiger partial charge is 0.406 e. The number of benzene rings is 1. The number of carbonyl (C=O) groups is 1. The number of amidine groups is 1. The van der Waals surface area contributed by atoms with Gasteiger partial charge in [0.1, 0.15) is 5.75 Å². The number of thioether (sulfide) groups is 2. The summed E-state index contributed by atoms with van der Waals surface area (Å²) in [4.78, 5) is 18.6. The minimum Gasteiger partial charge on any atom is -0.406 e. The first-order chi connectivity index (χ1) is 11.4. The third kappa shape index (κ3) is 4.47. The molecule has 0 N–H and O–H groups in total. The molecule has 2 aliphatic heterocycles. The molecule has 0 atom stereocenters. The number of alkyl halides is 3. The van der Waals surface area contributed by atoms with E-state index in [9.17, 15) is 18.0 Å². The van der Waals surface area contributed by atoms with Gasteiger partial charge in [0.15, 0.2) is 5.17 Å². The highest BCUT2D eigenvalue weighted by Gasteiger charge is 2.31. The summed E-state index contributed by atoms with van der Waals surface area (Å²) >= 11 is 3.17. The van der Waals surface area contributed by atoms with Crippen LogP contribution in [0.1, 0.15) is 5.56 Å². The van der Waals surface area contributed by atoms with E-state index in [-0.39, 0.29) is 11.7 Å². The normalized spacial score (nSPS) is 20.5. The molecule has 0 aromatic heterocycles. The van der Waals surface area contributed by atoms with Gasteiger partial charge in [0.2, 0.25) is 0 Å². The van der Waals surface area contributed by atoms with Crippen molar-refractivity contribution < 1.29 is 22.7 Å². The third-order valence-corrected chi connectivity index (χ3v) is 5.29. The molecule has 1 aromatic rings. The Hall–Kier alpha value is -1.61. The van der Waals surface area contributed by atoms with Crippen molar-refractivity contribution in [1.82, 2.24) is 4.90 Å². The highest BCUT2D eigenvalue weighted by Crippen LogP contribution is 2.31. The first kappa shape index (κ1) is 17.2. The molecule has 4 nitrogen and oxygen atoms in total. The average Bonchev–Trinajstić information content (AvgIpc) is 2.90. The van der Waals surface area contributed by atoms with Crippen molar-refractivity contribution in [3.05, 3.63) is 34.7 Å². The lowest BCUT2D eigenvalue weighted by Crippen LogP contribution is -2.35. The fourth-order valence-corrected chi connectivity index (χ4v) is 4.07. The maximum atomic E-state index is 12.1. The second kappa shape index (κ2) is 7.10. The fourth-order valence-electron chi connectivity index (χ4n) is 2.20. The summed E-state index contributed by atoms with van der Waals surface area (Å²) in [5, 5.41) is 0.698. The van der Waals surface area contributed by atoms with Crippen LogP contribution in [-0.2, 0) is 4.79 Å². The van der Waals surface area contributed by atoms with Crippen molar-refractivity contribution in [2.45, 2.75) is 6.36 Å². The number of aliphatic imine (C=N–C) groups is 1. The lowest BCUT2D eigenvalue weighted by Gasteiger charge is -2.26. The summed E-state index contributed by atoms with van der Waals surface area (Å²) in [6, 6.07) is 5.37. The van der Waals surface area contributed by atoms with Gasteiger partial charge < -0.3 is 9.64 Å². The number of amides is 1. The van der Waals surface area contributed by atoms with Crippen LogP contribution in [0.2, 0.25) is 0 Å². The molecule has 1 aromatic carbocycles. The summed E-state index contributed by atoms with van der Waals surface area (Å²) in [7, 11) is 0. The van der Waals surface area contributed by atoms with E-state index in [1.807, 2.05) is 11.8 Å². The van der Waals surface area contributed by atoms with Gasteiger partial charge in [0.25, 0.3) is 5.91 Å². The van der Waals surface area contributed by atoms with Gasteiger partial charge in [-0.2, -0.15) is 16.8 Å². The zero-order valence-electron chi connectivity index (χ0n) is 12.4. The summed E-state index contributed by atoms with van der Waals surface area (Å²) < 4.78 is 40.2. The molecule has 1 amide bonds. The Morgan fingerprint density at radius 1 is 1.17 bits per heavy atom. The van der Waals surface area contributed by atoms with Gasteiger partial charge in [-0.3, -0.25) is 4.79 Å². The Kier molecular flexibility index (Phi) is 5.09. The number of hydrogen-bond donors (Lipinski definition) is 0. The molecular formula is C15H13F3N2O2S2. The van der Waals surface area contributed by atoms with Gasteiger partial charge in [0.05, 0.1) is 4.91 Å². The number of hydrogen-bond acceptors (Lipinski definition) is 5. The number of halogens is 3. The van der Waals surface area contributed by atoms with E-state index in [1.54, 1.807) is 6.08 Å². The molecule has 0 aliphatic carbocycles. The Balaban J connectivity index is 1.67. The molecule has 0 spiro atoms. The third-order valence-electron chi connectivity index (χ3n) is 3.30. The molecule has 0 unspecified atom stereocenters. The van der Waals surface area contributed by atoms with Gasteiger partial charge in [-0.1, -0.05) is 12.1 Å². The Morgan fingerprint density at radius 3 is 2.46 bits per heavy atom. The van der Waals surface area contributed by atoms with Crippen LogP contribution in [0.4, 0.5) is 13.2 Å². The maximum Gasteiger partial charge on any atom is 0.573 e. The van der Waals surface area contributed by atoms with Crippen LogP contribution < -0.4 is 4.74 Å². The summed E-state index contributed by atoms with van der Waals surface area (Å²) in [5.74, 6) is 1.41. The molecule has 9 heteroatoms. The quantitative estimate of drug-likeness (QED) is 0.740. The van der Waals surface area contributed by atoms with Crippen LogP contribution in [0, 0.1) is 0 Å². The Bertz CT molecular complexity index is 681. The minimum absolute atomic E-state index is 0.294. The highest BCUT2D eigenvalue weighted by molar-refractivity contribution is 8.18. The predicted molar refractivity (Wildman–Crippen MR) is 90.0 cm³/mol. The van der Waals surface area contributed by atoms with E-state index in [1.165, 1.54) is 36.0 Å². The van der Waals surface area contributed by atoms with E-state index >= 15 is 0 Å². The standard InChI is InChI=1S/C15H13F3N2O2S2/c16-15(17,18)22-11-3-1-10(2-4-11)9-12-13(21)19-14(24-12)20-5-7-23-8-6-20/h1-4,9H,5-8H2/b12-9+. The van der Waals surface area contributed by atoms with E-state index in [0.29, 0.717) is 15.6 Å². The van der Waals surface area contributed by atoms with Crippen LogP contribution >= 0.6 is 23.5 Å². The van der Waals surface area contributed by atoms with E-state index < -0.39 is 6.36 Å². The van der Waals surface area contributed by atoms with Crippen molar-refractivity contribution in [1.29, 1.82) is 0 Å². The second-order valence-electron chi connectivity index (χ2n) is 5.03. The molecule has 24 heavy (non-hydrogen) atoms. The van der Waals surface area contributed by atoms with E-state index in [4.69, 9.17) is 0 Å². The van der Waals surface area contributed by atoms with Gasteiger partial charge in [-0.05, 0) is 35.5 Å². The summed E-state index contributed by atoms with van der Waals surface area (Å²) in [5.41, 5.74) is 0.617. The van der Waals surface area contributed by atoms with Crippen molar-refractivity contribution in [3.8, 4) is 5.75 Å². The average molecular weight is 374 g/mol. The molecule has 1 saturated heterocycles. The van der Waals surface area contributed by atoms with Crippen LogP contribution in [0.3, 0.4) is 0 Å². The molecular weight excluding hydrogens is 361 g/mol. The monoisotopic (exact) mass is 374 g/mol. The van der Waals surface area contributed by atoms with Gasteiger partial charge in [-0.15, -0.1) is 13.2 Å². The lowest BCUT2D eigenvalue weighted by atomic mass is 10.2. The molecule has 0 radical (unpaired) electrons. The molecule has 2 aliphatic rings. The zero-order valence-corrected chi connectivity index (χ0v) is 14.0. The Labute approximate surface area is 145 Å². The first-order valence-electron chi connectivity index (χ1n) is 7.12. The molecule has 1 fully saturated rings. The topological polar surface area (TPSA) is 41.9 Å². The lowest BCUT2D eigenvalue weighted by molar-refractivity contribution is -0.274. The first-order valence-corrected chi connectivity index (χ1v) is 9.09. The Morgan fingerprint density at radius 2 is 1.83 bits per heavy atom. The largest absolute Gasteiger partial charge is 0.573 e. The number of ether oxygens (including phenoxy) is 1. The van der Waals surface area contributed by atoms with Crippen molar-refractivity contribution in [2.75, 3.05) is 24.6 Å². The summed E-state index contributed by atoms with van der Waals surface area (Å²) in [6.45, 7) is 1.72. The highest BCUT2D eigenvalue weighted by atomic mass is 32.2. The van der Waals surface area contributed by atoms with Crippen LogP contribution in [0.25, 0.3) is 6.08 Å². The van der Waals surface area contributed by atoms with Gasteiger partial charge in [-0.25, -0.2) is 0 Å². The van der Waals surface area contributed by atoms with E-state index in [0.717, 1.165) is 24.6 Å². The molecule has 3 rings (SSSR count). The number of rotatable bonds is 2. The fraction of sp³-hybridized carbons (Fsp3) is 0.333. The van der Waals surface area contributed by atoms with Gasteiger partial charge >= 0.3 is 6.36 Å². The van der Waals surface area contributed by atoms with Gasteiger partial charge in [0, 0.05) is 24.6 Å². The van der Waals surface area contributed by atoms with Crippen molar-refractivity contribution in [3.63, 3.8) is 0 Å². The number of nitrogens with zero attached hydrogens (tertiary/aromatic N) is 2. The molecule has 0 saturated carbocycles. The molecule has 0 bridgehead atoms. The maximum absolute atomic E-state index is 12.1. The summed E-state index contributed by atoms with van der Waals surface area (Å²) in [6.07, 6.45) is -3.09. The SMILES string of the molecule is O=C1N=C(N2CCSCC2)S/C1=C/c1ccc(OC(F)(F)F)cc1. The van der Waals surface area contributed by atoms with E-state index in [2.05, 4.69) is 14.6 Å². The van der Waals surface area contributed by atoms with Crippen molar-refractivity contribution >= 4 is 40.7 Å². The second-order valence-corrected chi connectivity index (χ2v) is 7.26. The molecule has 128 valence electrons. The van der Waals surface area contributed by atoms with Crippen LogP contribution in [0.5, 0.6) is 5.75 Å². The molecule has 2 heterocycles. The van der Waals surface area contributed by atoms with Crippen LogP contribution in [-0.4, -0.2) is 46.9 Å². The zero-order chi connectivity index (χ0) is 17.2.